The van der Waals surface area contributed by atoms with Crippen molar-refractivity contribution in [2.45, 2.75) is 32.4 Å². The van der Waals surface area contributed by atoms with Gasteiger partial charge in [-0.15, -0.1) is 0 Å². The number of benzene rings is 1. The predicted molar refractivity (Wildman–Crippen MR) is 98.2 cm³/mol. The Kier molecular flexibility index (Phi) is 5.74. The fraction of sp³-hybridized carbons (Fsp3) is 0.632. The van der Waals surface area contributed by atoms with Crippen molar-refractivity contribution in [3.8, 4) is 0 Å². The molecule has 1 aromatic rings. The molecule has 2 aliphatic heterocycles. The SMILES string of the molecule is CN=C(NCC1(C)COC1)NC1CCN(Cc2ccccc2)CC1. The van der Waals surface area contributed by atoms with Crippen LogP contribution in [0.3, 0.4) is 0 Å². The molecule has 5 nitrogen and oxygen atoms in total. The van der Waals surface area contributed by atoms with Crippen LogP contribution in [-0.2, 0) is 11.3 Å². The standard InChI is InChI=1S/C19H30N4O/c1-19(14-24-15-19)13-21-18(20-2)22-17-8-10-23(11-9-17)12-16-6-4-3-5-7-16/h3-7,17H,8-15H2,1-2H3,(H2,20,21,22). The van der Waals surface area contributed by atoms with E-state index in [1.807, 2.05) is 7.05 Å². The van der Waals surface area contributed by atoms with E-state index in [-0.39, 0.29) is 5.41 Å². The van der Waals surface area contributed by atoms with Crippen LogP contribution in [0, 0.1) is 5.41 Å². The highest BCUT2D eigenvalue weighted by Crippen LogP contribution is 2.25. The van der Waals surface area contributed by atoms with Crippen molar-refractivity contribution in [1.29, 1.82) is 0 Å². The number of guanidine groups is 1. The van der Waals surface area contributed by atoms with Crippen molar-refractivity contribution in [1.82, 2.24) is 15.5 Å². The Hall–Kier alpha value is -1.59. The Bertz CT molecular complexity index is 534. The molecule has 2 fully saturated rings. The van der Waals surface area contributed by atoms with Gasteiger partial charge in [-0.1, -0.05) is 37.3 Å². The maximum Gasteiger partial charge on any atom is 0.191 e. The molecular formula is C19H30N4O. The average Bonchev–Trinajstić information content (AvgIpc) is 2.59. The normalized spacial score (nSPS) is 22.0. The molecule has 1 aromatic carbocycles. The van der Waals surface area contributed by atoms with Gasteiger partial charge in [0.2, 0.25) is 0 Å². The summed E-state index contributed by atoms with van der Waals surface area (Å²) in [5, 5.41) is 7.04. The first-order chi connectivity index (χ1) is 11.7. The van der Waals surface area contributed by atoms with Crippen molar-refractivity contribution in [3.63, 3.8) is 0 Å². The zero-order valence-corrected chi connectivity index (χ0v) is 14.9. The fourth-order valence-corrected chi connectivity index (χ4v) is 3.31. The highest BCUT2D eigenvalue weighted by Gasteiger charge is 2.33. The van der Waals surface area contributed by atoms with E-state index >= 15 is 0 Å². The molecule has 0 saturated carbocycles. The Morgan fingerprint density at radius 3 is 2.54 bits per heavy atom. The highest BCUT2D eigenvalue weighted by atomic mass is 16.5. The van der Waals surface area contributed by atoms with E-state index in [2.05, 4.69) is 57.8 Å². The van der Waals surface area contributed by atoms with E-state index in [9.17, 15) is 0 Å². The molecule has 3 rings (SSSR count). The summed E-state index contributed by atoms with van der Waals surface area (Å²) >= 11 is 0. The zero-order chi connectivity index (χ0) is 16.8. The molecule has 0 radical (unpaired) electrons. The smallest absolute Gasteiger partial charge is 0.191 e. The summed E-state index contributed by atoms with van der Waals surface area (Å²) in [6.07, 6.45) is 2.32. The van der Waals surface area contributed by atoms with Gasteiger partial charge in [0.05, 0.1) is 13.2 Å². The second kappa shape index (κ2) is 7.99. The third-order valence-electron chi connectivity index (χ3n) is 4.98. The first kappa shape index (κ1) is 17.2. The number of nitrogens with zero attached hydrogens (tertiary/aromatic N) is 2. The van der Waals surface area contributed by atoms with Crippen molar-refractivity contribution in [2.24, 2.45) is 10.4 Å². The summed E-state index contributed by atoms with van der Waals surface area (Å²) in [6.45, 7) is 8.17. The van der Waals surface area contributed by atoms with Gasteiger partial charge in [-0.25, -0.2) is 0 Å². The van der Waals surface area contributed by atoms with Crippen LogP contribution in [0.4, 0.5) is 0 Å². The lowest BCUT2D eigenvalue weighted by molar-refractivity contribution is -0.0971. The Balaban J connectivity index is 1.39. The molecule has 0 unspecified atom stereocenters. The van der Waals surface area contributed by atoms with Crippen LogP contribution in [-0.4, -0.2) is 56.8 Å². The van der Waals surface area contributed by atoms with E-state index < -0.39 is 0 Å². The molecule has 0 bridgehead atoms. The molecular weight excluding hydrogens is 300 g/mol. The first-order valence-corrected chi connectivity index (χ1v) is 8.98. The number of ether oxygens (including phenoxy) is 1. The summed E-state index contributed by atoms with van der Waals surface area (Å²) in [5.41, 5.74) is 1.66. The number of piperidine rings is 1. The van der Waals surface area contributed by atoms with Gasteiger partial charge in [0.15, 0.2) is 5.96 Å². The Morgan fingerprint density at radius 1 is 1.25 bits per heavy atom. The topological polar surface area (TPSA) is 48.9 Å². The molecule has 0 amide bonds. The van der Waals surface area contributed by atoms with Crippen LogP contribution in [0.2, 0.25) is 0 Å². The van der Waals surface area contributed by atoms with Crippen molar-refractivity contribution < 1.29 is 4.74 Å². The van der Waals surface area contributed by atoms with E-state index in [0.717, 1.165) is 58.2 Å². The van der Waals surface area contributed by atoms with Crippen LogP contribution in [0.1, 0.15) is 25.3 Å². The molecule has 0 spiro atoms. The van der Waals surface area contributed by atoms with Crippen LogP contribution >= 0.6 is 0 Å². The number of likely N-dealkylation sites (tertiary alicyclic amines) is 1. The average molecular weight is 330 g/mol. The van der Waals surface area contributed by atoms with Crippen LogP contribution in [0.5, 0.6) is 0 Å². The van der Waals surface area contributed by atoms with E-state index in [0.29, 0.717) is 6.04 Å². The molecule has 132 valence electrons. The van der Waals surface area contributed by atoms with Crippen LogP contribution < -0.4 is 10.6 Å². The summed E-state index contributed by atoms with van der Waals surface area (Å²) < 4.78 is 5.31. The summed E-state index contributed by atoms with van der Waals surface area (Å²) in [6, 6.07) is 11.2. The maximum atomic E-state index is 5.31. The molecule has 2 aliphatic rings. The zero-order valence-electron chi connectivity index (χ0n) is 14.9. The number of rotatable bonds is 5. The second-order valence-electron chi connectivity index (χ2n) is 7.41. The summed E-state index contributed by atoms with van der Waals surface area (Å²) in [7, 11) is 1.85. The van der Waals surface area contributed by atoms with Crippen molar-refractivity contribution >= 4 is 5.96 Å². The largest absolute Gasteiger partial charge is 0.380 e. The van der Waals surface area contributed by atoms with Crippen LogP contribution in [0.25, 0.3) is 0 Å². The third-order valence-corrected chi connectivity index (χ3v) is 4.98. The van der Waals surface area contributed by atoms with Gasteiger partial charge in [-0.3, -0.25) is 9.89 Å². The lowest BCUT2D eigenvalue weighted by Gasteiger charge is -2.39. The van der Waals surface area contributed by atoms with E-state index in [1.165, 1.54) is 5.56 Å². The van der Waals surface area contributed by atoms with Crippen molar-refractivity contribution in [3.05, 3.63) is 35.9 Å². The second-order valence-corrected chi connectivity index (χ2v) is 7.41. The summed E-state index contributed by atoms with van der Waals surface area (Å²) in [5.74, 6) is 0.921. The molecule has 2 heterocycles. The number of aliphatic imine (C=N–C) groups is 1. The van der Waals surface area contributed by atoms with Crippen LogP contribution in [0.15, 0.2) is 35.3 Å². The van der Waals surface area contributed by atoms with Gasteiger partial charge in [0.25, 0.3) is 0 Å². The summed E-state index contributed by atoms with van der Waals surface area (Å²) in [4.78, 5) is 6.91. The van der Waals surface area contributed by atoms with E-state index in [1.54, 1.807) is 0 Å². The number of hydrogen-bond donors (Lipinski definition) is 2. The minimum Gasteiger partial charge on any atom is -0.380 e. The highest BCUT2D eigenvalue weighted by molar-refractivity contribution is 5.80. The van der Waals surface area contributed by atoms with Gasteiger partial charge in [0.1, 0.15) is 0 Å². The number of nitrogens with one attached hydrogen (secondary N) is 2. The fourth-order valence-electron chi connectivity index (χ4n) is 3.31. The van der Waals surface area contributed by atoms with Gasteiger partial charge in [-0.05, 0) is 18.4 Å². The minimum absolute atomic E-state index is 0.261. The predicted octanol–water partition coefficient (Wildman–Crippen LogP) is 1.85. The molecule has 24 heavy (non-hydrogen) atoms. The van der Waals surface area contributed by atoms with E-state index in [4.69, 9.17) is 4.74 Å². The molecule has 5 heteroatoms. The van der Waals surface area contributed by atoms with Gasteiger partial charge in [0, 0.05) is 44.7 Å². The van der Waals surface area contributed by atoms with Gasteiger partial charge in [-0.2, -0.15) is 0 Å². The molecule has 2 saturated heterocycles. The van der Waals surface area contributed by atoms with Gasteiger partial charge < -0.3 is 15.4 Å². The quantitative estimate of drug-likeness (QED) is 0.639. The molecule has 0 aromatic heterocycles. The lowest BCUT2D eigenvalue weighted by atomic mass is 9.89. The first-order valence-electron chi connectivity index (χ1n) is 8.98. The molecule has 0 atom stereocenters. The Labute approximate surface area is 145 Å². The molecule has 0 aliphatic carbocycles. The minimum atomic E-state index is 0.261. The maximum absolute atomic E-state index is 5.31. The van der Waals surface area contributed by atoms with Gasteiger partial charge >= 0.3 is 0 Å². The number of hydrogen-bond acceptors (Lipinski definition) is 3. The lowest BCUT2D eigenvalue weighted by Crippen LogP contribution is -2.53. The monoisotopic (exact) mass is 330 g/mol. The third kappa shape index (κ3) is 4.71. The Morgan fingerprint density at radius 2 is 1.96 bits per heavy atom. The van der Waals surface area contributed by atoms with Crippen molar-refractivity contribution in [2.75, 3.05) is 39.9 Å². The molecule has 2 N–H and O–H groups in total.